The average molecular weight is 444 g/mol. The molecule has 0 saturated carbocycles. The van der Waals surface area contributed by atoms with E-state index in [0.29, 0.717) is 22.8 Å². The fraction of sp³-hybridized carbons (Fsp3) is 0.250. The van der Waals surface area contributed by atoms with E-state index < -0.39 is 0 Å². The number of H-pyrrole nitrogens is 1. The molecule has 1 aliphatic rings. The molecular weight excluding hydrogens is 426 g/mol. The van der Waals surface area contributed by atoms with E-state index in [2.05, 4.69) is 43.3 Å². The highest BCUT2D eigenvalue weighted by Gasteiger charge is 2.26. The number of aryl methyl sites for hydroxylation is 1. The van der Waals surface area contributed by atoms with Crippen molar-refractivity contribution in [3.8, 4) is 0 Å². The molecule has 2 aromatic heterocycles. The number of Topliss-reactive ketones (excluding diaryl/α,β-unsaturated/α-hetero) is 1. The maximum atomic E-state index is 12.7. The van der Waals surface area contributed by atoms with Gasteiger partial charge in [-0.1, -0.05) is 28.1 Å². The minimum Gasteiger partial charge on any atom is -0.354 e. The van der Waals surface area contributed by atoms with Crippen LogP contribution in [0.3, 0.4) is 0 Å². The minimum absolute atomic E-state index is 0.120. The molecular formula is C20H18BrN3O2S. The van der Waals surface area contributed by atoms with Crippen molar-refractivity contribution in [1.29, 1.82) is 0 Å². The molecule has 4 rings (SSSR count). The fourth-order valence-corrected chi connectivity index (χ4v) is 4.52. The lowest BCUT2D eigenvalue weighted by molar-refractivity contribution is 0.0971. The van der Waals surface area contributed by atoms with Gasteiger partial charge in [-0.2, -0.15) is 0 Å². The summed E-state index contributed by atoms with van der Waals surface area (Å²) in [4.78, 5) is 33.3. The Balaban J connectivity index is 1.48. The van der Waals surface area contributed by atoms with Crippen LogP contribution in [0.25, 0.3) is 0 Å². The lowest BCUT2D eigenvalue weighted by Crippen LogP contribution is -2.13. The molecule has 0 atom stereocenters. The lowest BCUT2D eigenvalue weighted by atomic mass is 9.94. The number of aromatic nitrogens is 2. The van der Waals surface area contributed by atoms with Crippen LogP contribution in [-0.4, -0.2) is 21.7 Å². The Kier molecular flexibility index (Phi) is 4.97. The van der Waals surface area contributed by atoms with E-state index in [1.807, 2.05) is 19.1 Å². The van der Waals surface area contributed by atoms with Gasteiger partial charge in [0.1, 0.15) is 5.69 Å². The Morgan fingerprint density at radius 1 is 1.30 bits per heavy atom. The number of benzene rings is 1. The third kappa shape index (κ3) is 3.75. The number of nitrogens with zero attached hydrogens (tertiary/aromatic N) is 1. The molecule has 0 radical (unpaired) electrons. The van der Waals surface area contributed by atoms with Gasteiger partial charge in [0.05, 0.1) is 0 Å². The molecule has 0 unspecified atom stereocenters. The van der Waals surface area contributed by atoms with Crippen molar-refractivity contribution in [3.05, 3.63) is 67.9 Å². The second kappa shape index (κ2) is 7.40. The zero-order chi connectivity index (χ0) is 19.0. The van der Waals surface area contributed by atoms with Gasteiger partial charge in [0.25, 0.3) is 5.91 Å². The first-order valence-electron chi connectivity index (χ1n) is 8.76. The molecule has 7 heteroatoms. The van der Waals surface area contributed by atoms with Gasteiger partial charge in [0.2, 0.25) is 0 Å². The van der Waals surface area contributed by atoms with Crippen LogP contribution in [0.2, 0.25) is 0 Å². The summed E-state index contributed by atoms with van der Waals surface area (Å²) >= 11 is 4.89. The number of fused-ring (bicyclic) bond motifs is 1. The number of hydrogen-bond donors (Lipinski definition) is 2. The molecule has 0 spiro atoms. The van der Waals surface area contributed by atoms with Gasteiger partial charge in [-0.15, -0.1) is 11.3 Å². The molecule has 2 N–H and O–H groups in total. The predicted octanol–water partition coefficient (Wildman–Crippen LogP) is 4.90. The molecule has 3 aromatic rings. The van der Waals surface area contributed by atoms with Gasteiger partial charge in [-0.3, -0.25) is 14.9 Å². The Hall–Kier alpha value is -2.25. The standard InChI is InChI=1S/C20H18BrN3O2S/c1-11-17-15(3-2-4-16(17)25)23-18(11)19(26)24-20-22-10-14(27-20)9-12-5-7-13(21)8-6-12/h5-8,10,23H,2-4,9H2,1H3,(H,22,24,26). The minimum atomic E-state index is -0.251. The van der Waals surface area contributed by atoms with Crippen molar-refractivity contribution in [2.45, 2.75) is 32.6 Å². The summed E-state index contributed by atoms with van der Waals surface area (Å²) in [6, 6.07) is 8.14. The first-order valence-corrected chi connectivity index (χ1v) is 10.4. The summed E-state index contributed by atoms with van der Waals surface area (Å²) in [5.74, 6) is -0.130. The second-order valence-corrected chi connectivity index (χ2v) is 8.68. The second-order valence-electron chi connectivity index (χ2n) is 6.64. The number of amides is 1. The quantitative estimate of drug-likeness (QED) is 0.601. The van der Waals surface area contributed by atoms with Crippen molar-refractivity contribution in [3.63, 3.8) is 0 Å². The summed E-state index contributed by atoms with van der Waals surface area (Å²) in [6.07, 6.45) is 4.75. The summed E-state index contributed by atoms with van der Waals surface area (Å²) in [6.45, 7) is 1.83. The van der Waals surface area contributed by atoms with Crippen molar-refractivity contribution in [2.24, 2.45) is 0 Å². The zero-order valence-electron chi connectivity index (χ0n) is 14.8. The monoisotopic (exact) mass is 443 g/mol. The Bertz CT molecular complexity index is 1020. The summed E-state index contributed by atoms with van der Waals surface area (Å²) in [5, 5.41) is 3.42. The lowest BCUT2D eigenvalue weighted by Gasteiger charge is -2.09. The Morgan fingerprint density at radius 2 is 2.07 bits per heavy atom. The van der Waals surface area contributed by atoms with E-state index in [1.165, 1.54) is 16.9 Å². The molecule has 0 aliphatic heterocycles. The maximum Gasteiger partial charge on any atom is 0.274 e. The first kappa shape index (κ1) is 18.1. The van der Waals surface area contributed by atoms with E-state index in [4.69, 9.17) is 0 Å². The molecule has 0 bridgehead atoms. The highest BCUT2D eigenvalue weighted by atomic mass is 79.9. The van der Waals surface area contributed by atoms with Crippen LogP contribution in [0, 0.1) is 6.92 Å². The first-order chi connectivity index (χ1) is 13.0. The predicted molar refractivity (Wildman–Crippen MR) is 110 cm³/mol. The Labute approximate surface area is 169 Å². The number of thiazole rings is 1. The van der Waals surface area contributed by atoms with E-state index in [1.54, 1.807) is 6.20 Å². The molecule has 5 nitrogen and oxygen atoms in total. The number of aromatic amines is 1. The third-order valence-electron chi connectivity index (χ3n) is 4.73. The number of nitrogens with one attached hydrogen (secondary N) is 2. The van der Waals surface area contributed by atoms with Gasteiger partial charge in [-0.25, -0.2) is 4.98 Å². The molecule has 0 fully saturated rings. The molecule has 1 amide bonds. The van der Waals surface area contributed by atoms with Crippen LogP contribution in [0.5, 0.6) is 0 Å². The third-order valence-corrected chi connectivity index (χ3v) is 6.17. The molecule has 0 saturated heterocycles. The Morgan fingerprint density at radius 3 is 2.81 bits per heavy atom. The summed E-state index contributed by atoms with van der Waals surface area (Å²) < 4.78 is 1.05. The molecule has 27 heavy (non-hydrogen) atoms. The van der Waals surface area contributed by atoms with Gasteiger partial charge in [0.15, 0.2) is 10.9 Å². The number of carbonyl (C=O) groups excluding carboxylic acids is 2. The number of hydrogen-bond acceptors (Lipinski definition) is 4. The molecule has 1 aromatic carbocycles. The molecule has 2 heterocycles. The highest BCUT2D eigenvalue weighted by molar-refractivity contribution is 9.10. The molecule has 1 aliphatic carbocycles. The largest absolute Gasteiger partial charge is 0.354 e. The van der Waals surface area contributed by atoms with E-state index in [-0.39, 0.29) is 11.7 Å². The number of halogens is 1. The van der Waals surface area contributed by atoms with Crippen LogP contribution in [0.1, 0.15) is 55.4 Å². The number of ketones is 1. The van der Waals surface area contributed by atoms with Crippen LogP contribution in [0.15, 0.2) is 34.9 Å². The smallest absolute Gasteiger partial charge is 0.274 e. The summed E-state index contributed by atoms with van der Waals surface area (Å²) in [7, 11) is 0. The van der Waals surface area contributed by atoms with Crippen molar-refractivity contribution < 1.29 is 9.59 Å². The maximum absolute atomic E-state index is 12.7. The van der Waals surface area contributed by atoms with Crippen LogP contribution in [0.4, 0.5) is 5.13 Å². The van der Waals surface area contributed by atoms with Crippen molar-refractivity contribution in [1.82, 2.24) is 9.97 Å². The topological polar surface area (TPSA) is 74.8 Å². The average Bonchev–Trinajstić information content (AvgIpc) is 3.22. The van der Waals surface area contributed by atoms with E-state index in [9.17, 15) is 9.59 Å². The summed E-state index contributed by atoms with van der Waals surface area (Å²) in [5.41, 5.74) is 3.95. The zero-order valence-corrected chi connectivity index (χ0v) is 17.2. The van der Waals surface area contributed by atoms with E-state index in [0.717, 1.165) is 39.9 Å². The van der Waals surface area contributed by atoms with Crippen molar-refractivity contribution >= 4 is 44.1 Å². The van der Waals surface area contributed by atoms with Gasteiger partial charge < -0.3 is 4.98 Å². The number of anilines is 1. The van der Waals surface area contributed by atoms with E-state index >= 15 is 0 Å². The van der Waals surface area contributed by atoms with Gasteiger partial charge in [-0.05, 0) is 43.0 Å². The highest BCUT2D eigenvalue weighted by Crippen LogP contribution is 2.28. The van der Waals surface area contributed by atoms with Crippen molar-refractivity contribution in [2.75, 3.05) is 5.32 Å². The number of rotatable bonds is 4. The normalized spacial score (nSPS) is 13.5. The number of carbonyl (C=O) groups is 2. The van der Waals surface area contributed by atoms with Crippen LogP contribution in [-0.2, 0) is 12.8 Å². The van der Waals surface area contributed by atoms with Crippen LogP contribution >= 0.6 is 27.3 Å². The van der Waals surface area contributed by atoms with Crippen LogP contribution < -0.4 is 5.32 Å². The molecule has 138 valence electrons. The SMILES string of the molecule is Cc1c(C(=O)Nc2ncc(Cc3ccc(Br)cc3)s2)[nH]c2c1C(=O)CCC2. The van der Waals surface area contributed by atoms with Gasteiger partial charge in [0, 0.05) is 39.6 Å². The fourth-order valence-electron chi connectivity index (χ4n) is 3.41. The van der Waals surface area contributed by atoms with Gasteiger partial charge >= 0.3 is 0 Å².